The smallest absolute Gasteiger partial charge is 0.0471 e. The number of rotatable bonds is 3. The second-order valence-corrected chi connectivity index (χ2v) is 6.84. The van der Waals surface area contributed by atoms with Crippen LogP contribution in [0, 0.1) is 5.92 Å². The van der Waals surface area contributed by atoms with Gasteiger partial charge in [0.1, 0.15) is 0 Å². The van der Waals surface area contributed by atoms with Gasteiger partial charge >= 0.3 is 0 Å². The molecule has 2 aliphatic heterocycles. The summed E-state index contributed by atoms with van der Waals surface area (Å²) >= 11 is 2.03. The van der Waals surface area contributed by atoms with Crippen molar-refractivity contribution in [1.29, 1.82) is 0 Å². The van der Waals surface area contributed by atoms with Gasteiger partial charge in [-0.05, 0) is 43.4 Å². The number of fused-ring (bicyclic) bond motifs is 1. The number of aliphatic hydroxyl groups is 1. The van der Waals surface area contributed by atoms with Crippen LogP contribution in [-0.2, 0) is 6.42 Å². The number of hydrogen-bond acceptors (Lipinski definition) is 3. The average molecular weight is 263 g/mol. The summed E-state index contributed by atoms with van der Waals surface area (Å²) in [4.78, 5) is 4.02. The van der Waals surface area contributed by atoms with Gasteiger partial charge in [-0.15, -0.1) is 11.8 Å². The van der Waals surface area contributed by atoms with E-state index in [-0.39, 0.29) is 0 Å². The van der Waals surface area contributed by atoms with Crippen molar-refractivity contribution in [2.24, 2.45) is 5.92 Å². The molecule has 1 aromatic rings. The molecular weight excluding hydrogens is 242 g/mol. The Morgan fingerprint density at radius 2 is 2.22 bits per heavy atom. The molecule has 2 unspecified atom stereocenters. The fourth-order valence-electron chi connectivity index (χ4n) is 3.11. The van der Waals surface area contributed by atoms with Crippen LogP contribution in [-0.4, -0.2) is 41.5 Å². The maximum absolute atomic E-state index is 9.28. The molecule has 1 saturated heterocycles. The highest BCUT2D eigenvalue weighted by molar-refractivity contribution is 8.00. The summed E-state index contributed by atoms with van der Waals surface area (Å²) in [7, 11) is 0. The van der Waals surface area contributed by atoms with E-state index in [0.29, 0.717) is 17.8 Å². The molecule has 0 spiro atoms. The first-order chi connectivity index (χ1) is 8.85. The average Bonchev–Trinajstić information content (AvgIpc) is 2.81. The highest BCUT2D eigenvalue weighted by atomic mass is 32.2. The van der Waals surface area contributed by atoms with Gasteiger partial charge in [0.2, 0.25) is 0 Å². The molecule has 2 nitrogen and oxygen atoms in total. The molecule has 2 heterocycles. The van der Waals surface area contributed by atoms with Gasteiger partial charge in [-0.2, -0.15) is 0 Å². The fourth-order valence-corrected chi connectivity index (χ4v) is 4.48. The number of likely N-dealkylation sites (tertiary alicyclic amines) is 1. The number of hydrogen-bond donors (Lipinski definition) is 1. The van der Waals surface area contributed by atoms with E-state index in [4.69, 9.17) is 0 Å². The molecule has 3 heteroatoms. The summed E-state index contributed by atoms with van der Waals surface area (Å²) in [6.45, 7) is 3.83. The topological polar surface area (TPSA) is 23.5 Å². The molecular formula is C15H21NOS. The van der Waals surface area contributed by atoms with Crippen molar-refractivity contribution < 1.29 is 5.11 Å². The zero-order chi connectivity index (χ0) is 12.4. The van der Waals surface area contributed by atoms with E-state index in [0.717, 1.165) is 6.54 Å². The summed E-state index contributed by atoms with van der Waals surface area (Å²) in [6, 6.07) is 8.78. The zero-order valence-corrected chi connectivity index (χ0v) is 11.5. The number of aliphatic hydroxyl groups excluding tert-OH is 1. The predicted octanol–water partition coefficient (Wildman–Crippen LogP) is 2.41. The quantitative estimate of drug-likeness (QED) is 0.906. The molecule has 0 radical (unpaired) electrons. The lowest BCUT2D eigenvalue weighted by Crippen LogP contribution is -2.40. The third kappa shape index (κ3) is 2.73. The van der Waals surface area contributed by atoms with Crippen molar-refractivity contribution in [2.75, 3.05) is 26.2 Å². The van der Waals surface area contributed by atoms with Crippen molar-refractivity contribution in [3.05, 3.63) is 29.8 Å². The van der Waals surface area contributed by atoms with E-state index in [1.807, 2.05) is 11.8 Å². The molecule has 98 valence electrons. The monoisotopic (exact) mass is 263 g/mol. The highest BCUT2D eigenvalue weighted by Crippen LogP contribution is 2.37. The molecule has 2 atom stereocenters. The SMILES string of the molecule is OCC1CCCN(CC2Cc3ccccc3S2)C1. The highest BCUT2D eigenvalue weighted by Gasteiger charge is 2.26. The molecule has 0 bridgehead atoms. The van der Waals surface area contributed by atoms with Crippen molar-refractivity contribution in [3.8, 4) is 0 Å². The van der Waals surface area contributed by atoms with Crippen LogP contribution in [0.2, 0.25) is 0 Å². The predicted molar refractivity (Wildman–Crippen MR) is 76.0 cm³/mol. The molecule has 3 rings (SSSR count). The van der Waals surface area contributed by atoms with Gasteiger partial charge in [0.25, 0.3) is 0 Å². The lowest BCUT2D eigenvalue weighted by Gasteiger charge is -2.33. The summed E-state index contributed by atoms with van der Waals surface area (Å²) in [5.41, 5.74) is 1.52. The van der Waals surface area contributed by atoms with E-state index in [9.17, 15) is 5.11 Å². The first-order valence-corrected chi connectivity index (χ1v) is 7.81. The number of benzene rings is 1. The molecule has 0 saturated carbocycles. The minimum absolute atomic E-state index is 0.356. The third-order valence-electron chi connectivity index (χ3n) is 4.04. The molecule has 2 aliphatic rings. The van der Waals surface area contributed by atoms with Crippen LogP contribution in [0.5, 0.6) is 0 Å². The molecule has 1 fully saturated rings. The fraction of sp³-hybridized carbons (Fsp3) is 0.600. The van der Waals surface area contributed by atoms with Crippen LogP contribution in [0.3, 0.4) is 0 Å². The summed E-state index contributed by atoms with van der Waals surface area (Å²) in [5, 5.41) is 9.99. The van der Waals surface area contributed by atoms with Gasteiger partial charge in [0, 0.05) is 29.8 Å². The van der Waals surface area contributed by atoms with E-state index >= 15 is 0 Å². The van der Waals surface area contributed by atoms with Crippen LogP contribution in [0.4, 0.5) is 0 Å². The summed E-state index contributed by atoms with van der Waals surface area (Å²) < 4.78 is 0. The normalized spacial score (nSPS) is 28.3. The second kappa shape index (κ2) is 5.64. The Kier molecular flexibility index (Phi) is 3.92. The van der Waals surface area contributed by atoms with Crippen molar-refractivity contribution >= 4 is 11.8 Å². The zero-order valence-electron chi connectivity index (χ0n) is 10.7. The first kappa shape index (κ1) is 12.5. The minimum Gasteiger partial charge on any atom is -0.396 e. The molecule has 0 amide bonds. The molecule has 1 N–H and O–H groups in total. The Bertz CT molecular complexity index is 384. The third-order valence-corrected chi connectivity index (χ3v) is 5.34. The Morgan fingerprint density at radius 1 is 1.33 bits per heavy atom. The molecule has 0 aromatic heterocycles. The van der Waals surface area contributed by atoms with E-state index in [2.05, 4.69) is 29.2 Å². The van der Waals surface area contributed by atoms with Crippen molar-refractivity contribution in [2.45, 2.75) is 29.4 Å². The summed E-state index contributed by atoms with van der Waals surface area (Å²) in [6.07, 6.45) is 3.65. The van der Waals surface area contributed by atoms with Crippen LogP contribution in [0.25, 0.3) is 0 Å². The lowest BCUT2D eigenvalue weighted by molar-refractivity contribution is 0.121. The van der Waals surface area contributed by atoms with Gasteiger partial charge in [-0.3, -0.25) is 0 Å². The number of thioether (sulfide) groups is 1. The molecule has 0 aliphatic carbocycles. The van der Waals surface area contributed by atoms with Crippen LogP contribution in [0.1, 0.15) is 18.4 Å². The van der Waals surface area contributed by atoms with Crippen LogP contribution < -0.4 is 0 Å². The van der Waals surface area contributed by atoms with Gasteiger partial charge in [-0.1, -0.05) is 18.2 Å². The van der Waals surface area contributed by atoms with Crippen LogP contribution in [0.15, 0.2) is 29.2 Å². The number of piperidine rings is 1. The Labute approximate surface area is 113 Å². The Morgan fingerprint density at radius 3 is 3.06 bits per heavy atom. The Balaban J connectivity index is 1.56. The van der Waals surface area contributed by atoms with Gasteiger partial charge in [0.15, 0.2) is 0 Å². The molecule has 1 aromatic carbocycles. The minimum atomic E-state index is 0.356. The number of nitrogens with zero attached hydrogens (tertiary/aromatic N) is 1. The summed E-state index contributed by atoms with van der Waals surface area (Å²) in [5.74, 6) is 0.507. The van der Waals surface area contributed by atoms with E-state index in [1.54, 1.807) is 0 Å². The van der Waals surface area contributed by atoms with E-state index < -0.39 is 0 Å². The molecule has 18 heavy (non-hydrogen) atoms. The largest absolute Gasteiger partial charge is 0.396 e. The lowest BCUT2D eigenvalue weighted by atomic mass is 9.98. The standard InChI is InChI=1S/C15H21NOS/c17-11-12-4-3-7-16(9-12)10-14-8-13-5-1-2-6-15(13)18-14/h1-2,5-6,12,14,17H,3-4,7-11H2. The van der Waals surface area contributed by atoms with Crippen molar-refractivity contribution in [1.82, 2.24) is 4.90 Å². The van der Waals surface area contributed by atoms with E-state index in [1.165, 1.54) is 42.8 Å². The van der Waals surface area contributed by atoms with Gasteiger partial charge in [0.05, 0.1) is 0 Å². The second-order valence-electron chi connectivity index (χ2n) is 5.50. The maximum Gasteiger partial charge on any atom is 0.0471 e. The maximum atomic E-state index is 9.28. The van der Waals surface area contributed by atoms with Gasteiger partial charge < -0.3 is 10.0 Å². The Hall–Kier alpha value is -0.510. The van der Waals surface area contributed by atoms with Gasteiger partial charge in [-0.25, -0.2) is 0 Å². The van der Waals surface area contributed by atoms with Crippen molar-refractivity contribution in [3.63, 3.8) is 0 Å². The van der Waals surface area contributed by atoms with Crippen LogP contribution >= 0.6 is 11.8 Å². The first-order valence-electron chi connectivity index (χ1n) is 6.93.